The van der Waals surface area contributed by atoms with E-state index in [4.69, 9.17) is 14.7 Å². The summed E-state index contributed by atoms with van der Waals surface area (Å²) < 4.78 is 7.31. The molecule has 0 saturated carbocycles. The van der Waals surface area contributed by atoms with Gasteiger partial charge in [-0.2, -0.15) is 5.10 Å². The van der Waals surface area contributed by atoms with Crippen LogP contribution in [0.2, 0.25) is 0 Å². The number of carbonyl (C=O) groups excluding carboxylic acids is 1. The molecule has 0 aliphatic carbocycles. The minimum atomic E-state index is -0.0580. The summed E-state index contributed by atoms with van der Waals surface area (Å²) >= 11 is 3.05. The predicted molar refractivity (Wildman–Crippen MR) is 111 cm³/mol. The quantitative estimate of drug-likeness (QED) is 0.465. The molecule has 1 N–H and O–H groups in total. The average molecular weight is 419 g/mol. The maximum absolute atomic E-state index is 12.1. The largest absolute Gasteiger partial charge is 0.378 e. The third-order valence-corrected chi connectivity index (χ3v) is 5.99. The standard InChI is InChI=1S/C18H22N6O2S2/c1-2-27-18-21-15(23-7-9-26-10-8-23)13-12-20-24(16(13)22-18)6-5-19-17(25)14-4-3-11-28-14/h3-4,11-12H,2,5-10H2,1H3,(H,19,25). The second-order valence-corrected chi connectivity index (χ2v) is 8.38. The van der Waals surface area contributed by atoms with Crippen LogP contribution in [0, 0.1) is 0 Å². The molecule has 1 amide bonds. The lowest BCUT2D eigenvalue weighted by atomic mass is 10.3. The Bertz CT molecular complexity index is 937. The van der Waals surface area contributed by atoms with Crippen LogP contribution in [0.3, 0.4) is 0 Å². The Labute approximate surface area is 171 Å². The number of ether oxygens (including phenoxy) is 1. The van der Waals surface area contributed by atoms with Gasteiger partial charge in [-0.15, -0.1) is 11.3 Å². The first kappa shape index (κ1) is 19.2. The number of anilines is 1. The number of rotatable bonds is 7. The first-order valence-corrected chi connectivity index (χ1v) is 11.1. The van der Waals surface area contributed by atoms with E-state index in [2.05, 4.69) is 22.2 Å². The molecule has 8 nitrogen and oxygen atoms in total. The fraction of sp³-hybridized carbons (Fsp3) is 0.444. The molecule has 0 bridgehead atoms. The van der Waals surface area contributed by atoms with Gasteiger partial charge < -0.3 is 15.0 Å². The molecule has 0 unspecified atom stereocenters. The highest BCUT2D eigenvalue weighted by Gasteiger charge is 2.20. The summed E-state index contributed by atoms with van der Waals surface area (Å²) in [6.45, 7) is 6.14. The van der Waals surface area contributed by atoms with Gasteiger partial charge in [-0.1, -0.05) is 24.8 Å². The van der Waals surface area contributed by atoms with Gasteiger partial charge in [0.15, 0.2) is 10.8 Å². The summed E-state index contributed by atoms with van der Waals surface area (Å²) in [4.78, 5) is 24.5. The van der Waals surface area contributed by atoms with Crippen molar-refractivity contribution in [3.8, 4) is 0 Å². The summed E-state index contributed by atoms with van der Waals surface area (Å²) in [7, 11) is 0. The van der Waals surface area contributed by atoms with Gasteiger partial charge in [0.2, 0.25) is 0 Å². The normalized spacial score (nSPS) is 14.5. The minimum absolute atomic E-state index is 0.0580. The Kier molecular flexibility index (Phi) is 6.08. The molecule has 0 radical (unpaired) electrons. The number of carbonyl (C=O) groups is 1. The lowest BCUT2D eigenvalue weighted by molar-refractivity contribution is 0.0956. The molecule has 1 aliphatic rings. The van der Waals surface area contributed by atoms with Crippen LogP contribution in [0.25, 0.3) is 11.0 Å². The molecule has 1 aliphatic heterocycles. The zero-order valence-corrected chi connectivity index (χ0v) is 17.3. The molecule has 148 valence electrons. The Balaban J connectivity index is 1.55. The average Bonchev–Trinajstić information content (AvgIpc) is 3.39. The first-order chi connectivity index (χ1) is 13.8. The van der Waals surface area contributed by atoms with Crippen LogP contribution in [-0.4, -0.2) is 64.3 Å². The summed E-state index contributed by atoms with van der Waals surface area (Å²) in [5, 5.41) is 11.0. The van der Waals surface area contributed by atoms with E-state index < -0.39 is 0 Å². The summed E-state index contributed by atoms with van der Waals surface area (Å²) in [5.41, 5.74) is 0.804. The number of morpholine rings is 1. The molecule has 0 aromatic carbocycles. The second-order valence-electron chi connectivity index (χ2n) is 6.20. The van der Waals surface area contributed by atoms with Gasteiger partial charge in [0.25, 0.3) is 5.91 Å². The molecule has 28 heavy (non-hydrogen) atoms. The number of thioether (sulfide) groups is 1. The Morgan fingerprint density at radius 2 is 2.21 bits per heavy atom. The Hall–Kier alpha value is -2.17. The van der Waals surface area contributed by atoms with Gasteiger partial charge in [0.05, 0.1) is 36.2 Å². The summed E-state index contributed by atoms with van der Waals surface area (Å²) in [5.74, 6) is 1.76. The SMILES string of the molecule is CCSc1nc(N2CCOCC2)c2cnn(CCNC(=O)c3cccs3)c2n1. The van der Waals surface area contributed by atoms with Crippen LogP contribution >= 0.6 is 23.1 Å². The molecule has 0 atom stereocenters. The van der Waals surface area contributed by atoms with Gasteiger partial charge in [-0.25, -0.2) is 14.6 Å². The van der Waals surface area contributed by atoms with E-state index in [1.165, 1.54) is 11.3 Å². The lowest BCUT2D eigenvalue weighted by Gasteiger charge is -2.28. The van der Waals surface area contributed by atoms with Crippen LogP contribution in [-0.2, 0) is 11.3 Å². The zero-order chi connectivity index (χ0) is 19.3. The van der Waals surface area contributed by atoms with E-state index in [-0.39, 0.29) is 5.91 Å². The van der Waals surface area contributed by atoms with Crippen molar-refractivity contribution in [2.45, 2.75) is 18.6 Å². The van der Waals surface area contributed by atoms with Crippen molar-refractivity contribution in [1.29, 1.82) is 0 Å². The van der Waals surface area contributed by atoms with Crippen molar-refractivity contribution in [3.63, 3.8) is 0 Å². The second kappa shape index (κ2) is 8.89. The number of fused-ring (bicyclic) bond motifs is 1. The molecule has 4 rings (SSSR count). The van der Waals surface area contributed by atoms with Crippen LogP contribution in [0.5, 0.6) is 0 Å². The smallest absolute Gasteiger partial charge is 0.261 e. The highest BCUT2D eigenvalue weighted by atomic mass is 32.2. The Morgan fingerprint density at radius 3 is 2.96 bits per heavy atom. The number of amides is 1. The molecule has 3 aromatic heterocycles. The van der Waals surface area contributed by atoms with Crippen molar-refractivity contribution < 1.29 is 9.53 Å². The first-order valence-electron chi connectivity index (χ1n) is 9.27. The van der Waals surface area contributed by atoms with Gasteiger partial charge in [-0.05, 0) is 17.2 Å². The van der Waals surface area contributed by atoms with E-state index >= 15 is 0 Å². The highest BCUT2D eigenvalue weighted by molar-refractivity contribution is 7.99. The lowest BCUT2D eigenvalue weighted by Crippen LogP contribution is -2.37. The summed E-state index contributed by atoms with van der Waals surface area (Å²) in [6.07, 6.45) is 1.82. The fourth-order valence-electron chi connectivity index (χ4n) is 3.06. The van der Waals surface area contributed by atoms with Crippen molar-refractivity contribution >= 4 is 45.9 Å². The highest BCUT2D eigenvalue weighted by Crippen LogP contribution is 2.27. The van der Waals surface area contributed by atoms with E-state index in [0.717, 1.165) is 40.9 Å². The zero-order valence-electron chi connectivity index (χ0n) is 15.6. The third-order valence-electron chi connectivity index (χ3n) is 4.39. The topological polar surface area (TPSA) is 85.2 Å². The van der Waals surface area contributed by atoms with Crippen molar-refractivity contribution in [2.24, 2.45) is 0 Å². The minimum Gasteiger partial charge on any atom is -0.378 e. The van der Waals surface area contributed by atoms with Gasteiger partial charge in [-0.3, -0.25) is 4.79 Å². The van der Waals surface area contributed by atoms with Crippen molar-refractivity contribution in [1.82, 2.24) is 25.1 Å². The fourth-order valence-corrected chi connectivity index (χ4v) is 4.27. The molecule has 4 heterocycles. The van der Waals surface area contributed by atoms with Crippen LogP contribution in [0.4, 0.5) is 5.82 Å². The predicted octanol–water partition coefficient (Wildman–Crippen LogP) is 2.27. The molecule has 1 fully saturated rings. The monoisotopic (exact) mass is 418 g/mol. The molecule has 10 heteroatoms. The molecular formula is C18H22N6O2S2. The number of aromatic nitrogens is 4. The van der Waals surface area contributed by atoms with Gasteiger partial charge >= 0.3 is 0 Å². The van der Waals surface area contributed by atoms with Crippen molar-refractivity contribution in [2.75, 3.05) is 43.5 Å². The third kappa shape index (κ3) is 4.13. The number of nitrogens with one attached hydrogen (secondary N) is 1. The molecular weight excluding hydrogens is 396 g/mol. The summed E-state index contributed by atoms with van der Waals surface area (Å²) in [6, 6.07) is 3.69. The van der Waals surface area contributed by atoms with Crippen molar-refractivity contribution in [3.05, 3.63) is 28.6 Å². The van der Waals surface area contributed by atoms with Crippen LogP contribution < -0.4 is 10.2 Å². The van der Waals surface area contributed by atoms with Crippen LogP contribution in [0.15, 0.2) is 28.9 Å². The van der Waals surface area contributed by atoms with Crippen LogP contribution in [0.1, 0.15) is 16.6 Å². The number of nitrogens with zero attached hydrogens (tertiary/aromatic N) is 5. The molecule has 3 aromatic rings. The maximum atomic E-state index is 12.1. The molecule has 0 spiro atoms. The Morgan fingerprint density at radius 1 is 1.36 bits per heavy atom. The number of hydrogen-bond acceptors (Lipinski definition) is 8. The van der Waals surface area contributed by atoms with E-state index in [1.54, 1.807) is 11.8 Å². The van der Waals surface area contributed by atoms with E-state index in [0.29, 0.717) is 31.2 Å². The number of hydrogen-bond donors (Lipinski definition) is 1. The van der Waals surface area contributed by atoms with E-state index in [9.17, 15) is 4.79 Å². The van der Waals surface area contributed by atoms with Gasteiger partial charge in [0.1, 0.15) is 5.82 Å². The van der Waals surface area contributed by atoms with Gasteiger partial charge in [0, 0.05) is 19.6 Å². The maximum Gasteiger partial charge on any atom is 0.261 e. The van der Waals surface area contributed by atoms with E-state index in [1.807, 2.05) is 28.4 Å². The molecule has 1 saturated heterocycles. The number of thiophene rings is 1.